The van der Waals surface area contributed by atoms with Crippen molar-refractivity contribution in [3.63, 3.8) is 0 Å². The Morgan fingerprint density at radius 2 is 1.88 bits per heavy atom. The van der Waals surface area contributed by atoms with Crippen molar-refractivity contribution < 1.29 is 9.21 Å². The van der Waals surface area contributed by atoms with E-state index in [2.05, 4.69) is 25.1 Å². The second kappa shape index (κ2) is 6.19. The maximum atomic E-state index is 13.0. The molecule has 1 saturated heterocycles. The number of carbonyl (C=O) groups is 1. The molecule has 2 aromatic carbocycles. The highest BCUT2D eigenvalue weighted by atomic mass is 16.3. The molecular formula is C21H24N2O2. The maximum absolute atomic E-state index is 13.0. The summed E-state index contributed by atoms with van der Waals surface area (Å²) in [6.07, 6.45) is 1.93. The first-order valence-electron chi connectivity index (χ1n) is 9.02. The van der Waals surface area contributed by atoms with E-state index in [0.29, 0.717) is 11.7 Å². The van der Waals surface area contributed by atoms with Crippen molar-refractivity contribution in [3.8, 4) is 0 Å². The van der Waals surface area contributed by atoms with Crippen molar-refractivity contribution >= 4 is 27.6 Å². The Hall–Kier alpha value is -2.33. The number of amides is 1. The lowest BCUT2D eigenvalue weighted by Crippen LogP contribution is -2.42. The van der Waals surface area contributed by atoms with Gasteiger partial charge in [-0.2, -0.15) is 0 Å². The second-order valence-corrected chi connectivity index (χ2v) is 7.21. The molecule has 0 aliphatic carbocycles. The molecule has 0 saturated carbocycles. The summed E-state index contributed by atoms with van der Waals surface area (Å²) in [5.74, 6) is 0.983. The highest BCUT2D eigenvalue weighted by molar-refractivity contribution is 6.08. The predicted molar refractivity (Wildman–Crippen MR) is 101 cm³/mol. The maximum Gasteiger partial charge on any atom is 0.289 e. The van der Waals surface area contributed by atoms with E-state index >= 15 is 0 Å². The summed E-state index contributed by atoms with van der Waals surface area (Å²) in [7, 11) is 0. The zero-order valence-corrected chi connectivity index (χ0v) is 14.8. The molecule has 1 amide bonds. The fourth-order valence-corrected chi connectivity index (χ4v) is 3.93. The van der Waals surface area contributed by atoms with Crippen LogP contribution in [0.1, 0.15) is 35.9 Å². The molecule has 1 aromatic heterocycles. The number of aryl methyl sites for hydroxylation is 1. The number of hydrogen-bond donors (Lipinski definition) is 1. The topological polar surface area (TPSA) is 59.5 Å². The van der Waals surface area contributed by atoms with Gasteiger partial charge in [-0.15, -0.1) is 0 Å². The number of nitrogens with zero attached hydrogens (tertiary/aromatic N) is 1. The zero-order valence-electron chi connectivity index (χ0n) is 14.8. The Morgan fingerprint density at radius 3 is 2.60 bits per heavy atom. The Kier molecular flexibility index (Phi) is 4.00. The largest absolute Gasteiger partial charge is 0.450 e. The third-order valence-corrected chi connectivity index (χ3v) is 5.59. The number of piperidine rings is 1. The lowest BCUT2D eigenvalue weighted by molar-refractivity contribution is 0.0650. The average molecular weight is 336 g/mol. The average Bonchev–Trinajstić information content (AvgIpc) is 2.98. The highest BCUT2D eigenvalue weighted by Crippen LogP contribution is 2.33. The summed E-state index contributed by atoms with van der Waals surface area (Å²) in [6.45, 7) is 5.53. The molecule has 2 N–H and O–H groups in total. The molecule has 4 heteroatoms. The third kappa shape index (κ3) is 2.71. The lowest BCUT2D eigenvalue weighted by Gasteiger charge is -2.33. The van der Waals surface area contributed by atoms with E-state index in [4.69, 9.17) is 10.2 Å². The van der Waals surface area contributed by atoms with Crippen LogP contribution in [0, 0.1) is 12.8 Å². The van der Waals surface area contributed by atoms with Gasteiger partial charge in [-0.3, -0.25) is 4.79 Å². The molecule has 1 unspecified atom stereocenters. The SMILES string of the molecule is Cc1c(C(=O)N2CCC(C(C)N)CC2)oc2c1ccc1ccccc12. The molecule has 2 heterocycles. The summed E-state index contributed by atoms with van der Waals surface area (Å²) >= 11 is 0. The molecule has 1 aliphatic heterocycles. The monoisotopic (exact) mass is 336 g/mol. The van der Waals surface area contributed by atoms with Gasteiger partial charge in [0.05, 0.1) is 0 Å². The first kappa shape index (κ1) is 16.2. The van der Waals surface area contributed by atoms with E-state index in [1.807, 2.05) is 30.0 Å². The van der Waals surface area contributed by atoms with Crippen molar-refractivity contribution in [2.24, 2.45) is 11.7 Å². The molecule has 3 aromatic rings. The van der Waals surface area contributed by atoms with Crippen LogP contribution in [0.4, 0.5) is 0 Å². The number of furan rings is 1. The molecule has 1 fully saturated rings. The van der Waals surface area contributed by atoms with Crippen LogP contribution < -0.4 is 5.73 Å². The van der Waals surface area contributed by atoms with Gasteiger partial charge in [0.1, 0.15) is 5.58 Å². The Labute approximate surface area is 147 Å². The summed E-state index contributed by atoms with van der Waals surface area (Å²) in [6, 6.07) is 12.4. The van der Waals surface area contributed by atoms with Gasteiger partial charge in [-0.25, -0.2) is 0 Å². The Morgan fingerprint density at radius 1 is 1.16 bits per heavy atom. The molecule has 0 bridgehead atoms. The molecule has 1 atom stereocenters. The highest BCUT2D eigenvalue weighted by Gasteiger charge is 2.28. The van der Waals surface area contributed by atoms with Gasteiger partial charge in [0.25, 0.3) is 5.91 Å². The molecule has 0 spiro atoms. The van der Waals surface area contributed by atoms with E-state index in [0.717, 1.165) is 53.2 Å². The van der Waals surface area contributed by atoms with E-state index in [1.54, 1.807) is 0 Å². The number of carbonyl (C=O) groups excluding carboxylic acids is 1. The minimum Gasteiger partial charge on any atom is -0.450 e. The molecule has 0 radical (unpaired) electrons. The predicted octanol–water partition coefficient (Wildman–Crippen LogP) is 4.09. The smallest absolute Gasteiger partial charge is 0.289 e. The van der Waals surface area contributed by atoms with Gasteiger partial charge in [0.15, 0.2) is 5.76 Å². The fourth-order valence-electron chi connectivity index (χ4n) is 3.93. The minimum absolute atomic E-state index is 0.000839. The Balaban J connectivity index is 1.68. The summed E-state index contributed by atoms with van der Waals surface area (Å²) in [4.78, 5) is 14.9. The van der Waals surface area contributed by atoms with Crippen molar-refractivity contribution in [3.05, 3.63) is 47.7 Å². The van der Waals surface area contributed by atoms with E-state index in [-0.39, 0.29) is 11.9 Å². The molecule has 4 rings (SSSR count). The lowest BCUT2D eigenvalue weighted by atomic mass is 9.91. The Bertz CT molecular complexity index is 934. The third-order valence-electron chi connectivity index (χ3n) is 5.59. The number of benzene rings is 2. The first-order chi connectivity index (χ1) is 12.1. The minimum atomic E-state index is 0.000839. The number of nitrogens with two attached hydrogens (primary N) is 1. The fraction of sp³-hybridized carbons (Fsp3) is 0.381. The standard InChI is InChI=1S/C21H24N2O2/c1-13-17-8-7-16-5-3-4-6-18(16)20(17)25-19(13)21(24)23-11-9-15(10-12-23)14(2)22/h3-8,14-15H,9-12,22H2,1-2H3. The summed E-state index contributed by atoms with van der Waals surface area (Å²) in [5, 5.41) is 3.20. The van der Waals surface area contributed by atoms with Crippen molar-refractivity contribution in [1.82, 2.24) is 4.90 Å². The van der Waals surface area contributed by atoms with Crippen LogP contribution in [-0.2, 0) is 0 Å². The number of fused-ring (bicyclic) bond motifs is 3. The molecule has 130 valence electrons. The van der Waals surface area contributed by atoms with Gasteiger partial charge < -0.3 is 15.1 Å². The van der Waals surface area contributed by atoms with Gasteiger partial charge in [0, 0.05) is 35.5 Å². The normalized spacial score (nSPS) is 17.3. The number of hydrogen-bond acceptors (Lipinski definition) is 3. The molecule has 1 aliphatic rings. The van der Waals surface area contributed by atoms with Crippen molar-refractivity contribution in [2.75, 3.05) is 13.1 Å². The van der Waals surface area contributed by atoms with E-state index < -0.39 is 0 Å². The quantitative estimate of drug-likeness (QED) is 0.766. The van der Waals surface area contributed by atoms with E-state index in [1.165, 1.54) is 0 Å². The van der Waals surface area contributed by atoms with Gasteiger partial charge >= 0.3 is 0 Å². The summed E-state index contributed by atoms with van der Waals surface area (Å²) < 4.78 is 6.09. The van der Waals surface area contributed by atoms with Crippen LogP contribution in [-0.4, -0.2) is 29.9 Å². The van der Waals surface area contributed by atoms with Crippen LogP contribution in [0.25, 0.3) is 21.7 Å². The molecular weight excluding hydrogens is 312 g/mol. The zero-order chi connectivity index (χ0) is 17.6. The first-order valence-corrected chi connectivity index (χ1v) is 9.02. The number of likely N-dealkylation sites (tertiary alicyclic amines) is 1. The molecule has 25 heavy (non-hydrogen) atoms. The van der Waals surface area contributed by atoms with Crippen LogP contribution in [0.5, 0.6) is 0 Å². The summed E-state index contributed by atoms with van der Waals surface area (Å²) in [5.41, 5.74) is 7.75. The van der Waals surface area contributed by atoms with Gasteiger partial charge in [-0.05, 0) is 38.0 Å². The van der Waals surface area contributed by atoms with Crippen LogP contribution >= 0.6 is 0 Å². The second-order valence-electron chi connectivity index (χ2n) is 7.21. The van der Waals surface area contributed by atoms with Gasteiger partial charge in [-0.1, -0.05) is 36.4 Å². The van der Waals surface area contributed by atoms with Crippen LogP contribution in [0.2, 0.25) is 0 Å². The van der Waals surface area contributed by atoms with Crippen molar-refractivity contribution in [2.45, 2.75) is 32.7 Å². The molecule has 4 nitrogen and oxygen atoms in total. The van der Waals surface area contributed by atoms with Crippen LogP contribution in [0.15, 0.2) is 40.8 Å². The van der Waals surface area contributed by atoms with Crippen LogP contribution in [0.3, 0.4) is 0 Å². The van der Waals surface area contributed by atoms with E-state index in [9.17, 15) is 4.79 Å². The number of rotatable bonds is 2. The van der Waals surface area contributed by atoms with Crippen molar-refractivity contribution in [1.29, 1.82) is 0 Å². The van der Waals surface area contributed by atoms with Gasteiger partial charge in [0.2, 0.25) is 0 Å².